The molecule has 1 aliphatic rings. The number of aliphatic hydroxyl groups is 1. The summed E-state index contributed by atoms with van der Waals surface area (Å²) in [6, 6.07) is 13.9. The van der Waals surface area contributed by atoms with Crippen LogP contribution in [0.2, 0.25) is 0 Å². The number of carbonyl (C=O) groups excluding carboxylic acids is 2. The standard InChI is InChI=1S/C26H19N5O3S/c1-14-8-9-17-18(12-14)35-26(29-17)31-22(16-6-5-10-27-13-16)20(24(33)25(31)34)23(32)21-15(2)28-19-7-3-4-11-30(19)21/h3-13,22,32H,1-2H3/b23-20+. The van der Waals surface area contributed by atoms with Crippen LogP contribution in [-0.2, 0) is 9.59 Å². The smallest absolute Gasteiger partial charge is 0.301 e. The number of aliphatic hydroxyl groups excluding tert-OH is 1. The van der Waals surface area contributed by atoms with E-state index < -0.39 is 17.7 Å². The van der Waals surface area contributed by atoms with Gasteiger partial charge in [-0.3, -0.25) is 23.9 Å². The summed E-state index contributed by atoms with van der Waals surface area (Å²) >= 11 is 1.33. The summed E-state index contributed by atoms with van der Waals surface area (Å²) in [6.07, 6.45) is 4.97. The van der Waals surface area contributed by atoms with Crippen LogP contribution >= 0.6 is 11.3 Å². The third kappa shape index (κ3) is 3.23. The molecule has 172 valence electrons. The summed E-state index contributed by atoms with van der Waals surface area (Å²) in [4.78, 5) is 41.6. The Morgan fingerprint density at radius 3 is 2.71 bits per heavy atom. The van der Waals surface area contributed by atoms with E-state index in [1.54, 1.807) is 42.0 Å². The van der Waals surface area contributed by atoms with Crippen LogP contribution < -0.4 is 4.90 Å². The second-order valence-electron chi connectivity index (χ2n) is 8.40. The summed E-state index contributed by atoms with van der Waals surface area (Å²) in [5.41, 5.74) is 3.91. The van der Waals surface area contributed by atoms with Crippen LogP contribution in [0.5, 0.6) is 0 Å². The zero-order valence-corrected chi connectivity index (χ0v) is 19.7. The fourth-order valence-electron chi connectivity index (χ4n) is 4.53. The first-order chi connectivity index (χ1) is 16.9. The number of Topliss-reactive ketones (excluding diaryl/α,β-unsaturated/α-hetero) is 1. The highest BCUT2D eigenvalue weighted by molar-refractivity contribution is 7.22. The summed E-state index contributed by atoms with van der Waals surface area (Å²) in [5, 5.41) is 11.9. The van der Waals surface area contributed by atoms with Gasteiger partial charge in [0, 0.05) is 18.6 Å². The Hall–Kier alpha value is -4.37. The SMILES string of the molecule is Cc1ccc2nc(N3C(=O)C(=O)/C(=C(/O)c4c(C)nc5ccccn45)C3c3cccnc3)sc2c1. The molecule has 4 aromatic heterocycles. The van der Waals surface area contributed by atoms with Gasteiger partial charge in [0.25, 0.3) is 5.78 Å². The number of carbonyl (C=O) groups is 2. The number of pyridine rings is 2. The van der Waals surface area contributed by atoms with Crippen LogP contribution in [0, 0.1) is 13.8 Å². The minimum absolute atomic E-state index is 0.0211. The number of ketones is 1. The van der Waals surface area contributed by atoms with Crippen molar-refractivity contribution in [3.63, 3.8) is 0 Å². The highest BCUT2D eigenvalue weighted by Crippen LogP contribution is 2.44. The van der Waals surface area contributed by atoms with Crippen LogP contribution in [-0.4, -0.2) is 36.1 Å². The van der Waals surface area contributed by atoms with Crippen LogP contribution in [0.3, 0.4) is 0 Å². The maximum absolute atomic E-state index is 13.4. The van der Waals surface area contributed by atoms with E-state index >= 15 is 0 Å². The molecular formula is C26H19N5O3S. The van der Waals surface area contributed by atoms with Gasteiger partial charge < -0.3 is 5.11 Å². The van der Waals surface area contributed by atoms with Gasteiger partial charge in [-0.15, -0.1) is 0 Å². The normalized spacial score (nSPS) is 17.7. The molecule has 0 spiro atoms. The summed E-state index contributed by atoms with van der Waals surface area (Å²) in [6.45, 7) is 3.74. The van der Waals surface area contributed by atoms with Gasteiger partial charge in [0.15, 0.2) is 10.9 Å². The molecule has 8 nitrogen and oxygen atoms in total. The lowest BCUT2D eigenvalue weighted by Gasteiger charge is -2.22. The molecular weight excluding hydrogens is 462 g/mol. The minimum atomic E-state index is -0.890. The second kappa shape index (κ2) is 7.85. The number of thiazole rings is 1. The summed E-state index contributed by atoms with van der Waals surface area (Å²) < 4.78 is 2.61. The van der Waals surface area contributed by atoms with Crippen molar-refractivity contribution < 1.29 is 14.7 Å². The molecule has 1 N–H and O–H groups in total. The molecule has 6 rings (SSSR count). The van der Waals surface area contributed by atoms with Crippen molar-refractivity contribution in [1.29, 1.82) is 0 Å². The number of nitrogens with zero attached hydrogens (tertiary/aromatic N) is 5. The Bertz CT molecular complexity index is 1690. The molecule has 1 unspecified atom stereocenters. The molecule has 0 radical (unpaired) electrons. The zero-order chi connectivity index (χ0) is 24.3. The largest absolute Gasteiger partial charge is 0.505 e. The molecule has 0 saturated carbocycles. The van der Waals surface area contributed by atoms with Gasteiger partial charge >= 0.3 is 5.91 Å². The molecule has 0 aliphatic carbocycles. The minimum Gasteiger partial charge on any atom is -0.505 e. The van der Waals surface area contributed by atoms with E-state index in [1.807, 2.05) is 43.3 Å². The number of anilines is 1. The fraction of sp³-hybridized carbons (Fsp3) is 0.115. The Morgan fingerprint density at radius 2 is 1.91 bits per heavy atom. The second-order valence-corrected chi connectivity index (χ2v) is 9.41. The Kier molecular flexibility index (Phi) is 4.75. The van der Waals surface area contributed by atoms with Crippen LogP contribution in [0.15, 0.2) is 72.7 Å². The molecule has 0 bridgehead atoms. The number of aromatic nitrogens is 4. The maximum Gasteiger partial charge on any atom is 0.301 e. The Balaban J connectivity index is 1.61. The topological polar surface area (TPSA) is 101 Å². The van der Waals surface area contributed by atoms with Gasteiger partial charge in [0.05, 0.1) is 27.5 Å². The van der Waals surface area contributed by atoms with E-state index in [0.717, 1.165) is 15.8 Å². The average Bonchev–Trinajstić information content (AvgIpc) is 3.50. The number of rotatable bonds is 3. The summed E-state index contributed by atoms with van der Waals surface area (Å²) in [5.74, 6) is -1.81. The number of amides is 1. The number of benzene rings is 1. The van der Waals surface area contributed by atoms with Gasteiger partial charge in [0.2, 0.25) is 0 Å². The number of hydrogen-bond donors (Lipinski definition) is 1. The summed E-state index contributed by atoms with van der Waals surface area (Å²) in [7, 11) is 0. The van der Waals surface area contributed by atoms with Crippen molar-refractivity contribution in [2.75, 3.05) is 4.90 Å². The van der Waals surface area contributed by atoms with Gasteiger partial charge in [-0.25, -0.2) is 9.97 Å². The molecule has 9 heteroatoms. The van der Waals surface area contributed by atoms with E-state index in [9.17, 15) is 14.7 Å². The molecule has 1 atom stereocenters. The third-order valence-electron chi connectivity index (χ3n) is 6.11. The van der Waals surface area contributed by atoms with Crippen molar-refractivity contribution in [3.05, 3.63) is 95.2 Å². The predicted octanol–water partition coefficient (Wildman–Crippen LogP) is 4.58. The number of aryl methyl sites for hydroxylation is 2. The van der Waals surface area contributed by atoms with E-state index in [4.69, 9.17) is 0 Å². The number of fused-ring (bicyclic) bond motifs is 2. The van der Waals surface area contributed by atoms with Gasteiger partial charge in [-0.2, -0.15) is 0 Å². The van der Waals surface area contributed by atoms with Crippen LogP contribution in [0.1, 0.15) is 28.6 Å². The first-order valence-corrected chi connectivity index (χ1v) is 11.8. The molecule has 5 aromatic rings. The average molecular weight is 482 g/mol. The first-order valence-electron chi connectivity index (χ1n) is 11.0. The lowest BCUT2D eigenvalue weighted by Crippen LogP contribution is -2.29. The monoisotopic (exact) mass is 481 g/mol. The highest BCUT2D eigenvalue weighted by Gasteiger charge is 2.48. The lowest BCUT2D eigenvalue weighted by atomic mass is 9.97. The molecule has 1 amide bonds. The molecule has 1 aromatic carbocycles. The lowest BCUT2D eigenvalue weighted by molar-refractivity contribution is -0.132. The van der Waals surface area contributed by atoms with Crippen molar-refractivity contribution in [2.45, 2.75) is 19.9 Å². The molecule has 1 aliphatic heterocycles. The van der Waals surface area contributed by atoms with E-state index in [-0.39, 0.29) is 11.3 Å². The van der Waals surface area contributed by atoms with Gasteiger partial charge in [-0.1, -0.05) is 29.5 Å². The third-order valence-corrected chi connectivity index (χ3v) is 7.13. The van der Waals surface area contributed by atoms with E-state index in [1.165, 1.54) is 16.2 Å². The molecule has 5 heterocycles. The molecule has 1 saturated heterocycles. The zero-order valence-electron chi connectivity index (χ0n) is 18.8. The molecule has 35 heavy (non-hydrogen) atoms. The van der Waals surface area contributed by atoms with E-state index in [2.05, 4.69) is 15.0 Å². The van der Waals surface area contributed by atoms with Gasteiger partial charge in [0.1, 0.15) is 11.3 Å². The van der Waals surface area contributed by atoms with Crippen molar-refractivity contribution in [3.8, 4) is 0 Å². The van der Waals surface area contributed by atoms with Crippen molar-refractivity contribution in [2.24, 2.45) is 0 Å². The first kappa shape index (κ1) is 21.2. The fourth-order valence-corrected chi connectivity index (χ4v) is 5.62. The van der Waals surface area contributed by atoms with Crippen molar-refractivity contribution in [1.82, 2.24) is 19.4 Å². The van der Waals surface area contributed by atoms with Crippen molar-refractivity contribution >= 4 is 49.8 Å². The number of imidazole rings is 1. The maximum atomic E-state index is 13.4. The van der Waals surface area contributed by atoms with E-state index in [0.29, 0.717) is 27.7 Å². The highest BCUT2D eigenvalue weighted by atomic mass is 32.1. The van der Waals surface area contributed by atoms with Crippen LogP contribution in [0.25, 0.3) is 21.6 Å². The quantitative estimate of drug-likeness (QED) is 0.230. The van der Waals surface area contributed by atoms with Gasteiger partial charge in [-0.05, 0) is 55.3 Å². The Morgan fingerprint density at radius 1 is 1.06 bits per heavy atom. The van der Waals surface area contributed by atoms with Crippen LogP contribution in [0.4, 0.5) is 5.13 Å². The predicted molar refractivity (Wildman–Crippen MR) is 133 cm³/mol. The number of hydrogen-bond acceptors (Lipinski definition) is 7. The molecule has 1 fully saturated rings. The Labute approximate surface area is 203 Å².